The molecule has 1 amide bonds. The summed E-state index contributed by atoms with van der Waals surface area (Å²) < 4.78 is 0. The molecule has 1 saturated heterocycles. The molecule has 0 saturated carbocycles. The fourth-order valence-corrected chi connectivity index (χ4v) is 3.23. The van der Waals surface area contributed by atoms with E-state index in [1.165, 1.54) is 11.3 Å². The van der Waals surface area contributed by atoms with Crippen molar-refractivity contribution >= 4 is 28.2 Å². The van der Waals surface area contributed by atoms with E-state index in [1.54, 1.807) is 5.51 Å². The molecule has 9 heteroatoms. The molecular weight excluding hydrogens is 326 g/mol. The lowest BCUT2D eigenvalue weighted by Gasteiger charge is -2.35. The van der Waals surface area contributed by atoms with Gasteiger partial charge in [-0.3, -0.25) is 15.0 Å². The molecule has 0 aliphatic carbocycles. The van der Waals surface area contributed by atoms with Crippen molar-refractivity contribution in [2.45, 2.75) is 20.8 Å². The van der Waals surface area contributed by atoms with E-state index in [0.717, 1.165) is 49.1 Å². The van der Waals surface area contributed by atoms with E-state index in [9.17, 15) is 4.79 Å². The Bertz CT molecular complexity index is 711. The maximum absolute atomic E-state index is 12.0. The zero-order chi connectivity index (χ0) is 17.1. The van der Waals surface area contributed by atoms with Gasteiger partial charge in [0, 0.05) is 37.4 Å². The van der Waals surface area contributed by atoms with Crippen LogP contribution in [-0.4, -0.2) is 63.7 Å². The first-order chi connectivity index (χ1) is 11.5. The molecule has 0 aromatic carbocycles. The quantitative estimate of drug-likeness (QED) is 0.883. The third-order valence-electron chi connectivity index (χ3n) is 4.12. The van der Waals surface area contributed by atoms with Crippen LogP contribution in [-0.2, 0) is 4.79 Å². The number of rotatable bonds is 4. The van der Waals surface area contributed by atoms with E-state index in [2.05, 4.69) is 42.2 Å². The number of nitrogens with zero attached hydrogens (tertiary/aromatic N) is 6. The minimum absolute atomic E-state index is 0.0508. The number of nitrogens with one attached hydrogen (secondary N) is 1. The number of aryl methyl sites for hydroxylation is 2. The fourth-order valence-electron chi connectivity index (χ4n) is 2.77. The van der Waals surface area contributed by atoms with Crippen LogP contribution in [0, 0.1) is 20.8 Å². The van der Waals surface area contributed by atoms with Crippen LogP contribution in [0.2, 0.25) is 0 Å². The van der Waals surface area contributed by atoms with Gasteiger partial charge < -0.3 is 4.90 Å². The molecule has 128 valence electrons. The van der Waals surface area contributed by atoms with Crippen molar-refractivity contribution < 1.29 is 4.79 Å². The Kier molecular flexibility index (Phi) is 5.00. The van der Waals surface area contributed by atoms with Crippen molar-refractivity contribution in [3.63, 3.8) is 0 Å². The standard InChI is InChI=1S/C15H21N7OS/c1-10-11(2)17-12(3)18-14(10)22-6-4-21(5-7-22)8-13(23)19-15-20-16-9-24-15/h9H,4-8H2,1-3H3,(H,19,20,23). The van der Waals surface area contributed by atoms with Crippen LogP contribution >= 0.6 is 11.3 Å². The average molecular weight is 347 g/mol. The first-order valence-electron chi connectivity index (χ1n) is 7.88. The van der Waals surface area contributed by atoms with Gasteiger partial charge >= 0.3 is 0 Å². The van der Waals surface area contributed by atoms with Gasteiger partial charge in [0.2, 0.25) is 11.0 Å². The van der Waals surface area contributed by atoms with E-state index < -0.39 is 0 Å². The summed E-state index contributed by atoms with van der Waals surface area (Å²) in [5, 5.41) is 10.8. The highest BCUT2D eigenvalue weighted by Gasteiger charge is 2.22. The van der Waals surface area contributed by atoms with Crippen molar-refractivity contribution in [3.05, 3.63) is 22.6 Å². The largest absolute Gasteiger partial charge is 0.354 e. The van der Waals surface area contributed by atoms with E-state index in [0.29, 0.717) is 11.7 Å². The smallest absolute Gasteiger partial charge is 0.240 e. The minimum Gasteiger partial charge on any atom is -0.354 e. The molecule has 0 atom stereocenters. The van der Waals surface area contributed by atoms with Gasteiger partial charge in [-0.2, -0.15) is 0 Å². The Balaban J connectivity index is 1.55. The molecular formula is C15H21N7OS. The molecule has 2 aromatic rings. The monoisotopic (exact) mass is 347 g/mol. The predicted molar refractivity (Wildman–Crippen MR) is 93.4 cm³/mol. The number of carbonyl (C=O) groups excluding carboxylic acids is 1. The molecule has 1 aliphatic heterocycles. The zero-order valence-corrected chi connectivity index (χ0v) is 14.9. The molecule has 0 unspecified atom stereocenters. The predicted octanol–water partition coefficient (Wildman–Crippen LogP) is 1.01. The van der Waals surface area contributed by atoms with Gasteiger partial charge in [0.05, 0.1) is 6.54 Å². The summed E-state index contributed by atoms with van der Waals surface area (Å²) in [6.45, 7) is 9.72. The van der Waals surface area contributed by atoms with Gasteiger partial charge in [0.1, 0.15) is 17.2 Å². The highest BCUT2D eigenvalue weighted by Crippen LogP contribution is 2.21. The van der Waals surface area contributed by atoms with E-state index >= 15 is 0 Å². The molecule has 8 nitrogen and oxygen atoms in total. The zero-order valence-electron chi connectivity index (χ0n) is 14.1. The Labute approximate surface area is 144 Å². The lowest BCUT2D eigenvalue weighted by Crippen LogP contribution is -2.49. The second-order valence-electron chi connectivity index (χ2n) is 5.86. The minimum atomic E-state index is -0.0508. The molecule has 1 N–H and O–H groups in total. The van der Waals surface area contributed by atoms with Crippen LogP contribution < -0.4 is 10.2 Å². The Morgan fingerprint density at radius 3 is 2.62 bits per heavy atom. The van der Waals surface area contributed by atoms with Crippen LogP contribution in [0.4, 0.5) is 10.9 Å². The van der Waals surface area contributed by atoms with E-state index in [4.69, 9.17) is 0 Å². The third-order valence-corrected chi connectivity index (χ3v) is 4.73. The molecule has 0 spiro atoms. The van der Waals surface area contributed by atoms with Crippen LogP contribution in [0.5, 0.6) is 0 Å². The summed E-state index contributed by atoms with van der Waals surface area (Å²) in [6.07, 6.45) is 0. The molecule has 0 bridgehead atoms. The first kappa shape index (κ1) is 16.7. The van der Waals surface area contributed by atoms with E-state index in [-0.39, 0.29) is 5.91 Å². The number of hydrogen-bond donors (Lipinski definition) is 1. The van der Waals surface area contributed by atoms with Crippen LogP contribution in [0.1, 0.15) is 17.1 Å². The van der Waals surface area contributed by atoms with Crippen molar-refractivity contribution in [2.75, 3.05) is 42.9 Å². The molecule has 2 aromatic heterocycles. The third kappa shape index (κ3) is 3.85. The SMILES string of the molecule is Cc1nc(C)c(C)c(N2CCN(CC(=O)Nc3nncs3)CC2)n1. The van der Waals surface area contributed by atoms with Crippen molar-refractivity contribution in [1.82, 2.24) is 25.1 Å². The van der Waals surface area contributed by atoms with Gasteiger partial charge in [-0.05, 0) is 20.8 Å². The summed E-state index contributed by atoms with van der Waals surface area (Å²) in [7, 11) is 0. The maximum Gasteiger partial charge on any atom is 0.240 e. The molecule has 0 radical (unpaired) electrons. The number of hydrogen-bond acceptors (Lipinski definition) is 8. The number of aromatic nitrogens is 4. The van der Waals surface area contributed by atoms with Crippen molar-refractivity contribution in [2.24, 2.45) is 0 Å². The summed E-state index contributed by atoms with van der Waals surface area (Å²) in [5.41, 5.74) is 3.75. The highest BCUT2D eigenvalue weighted by molar-refractivity contribution is 7.13. The fraction of sp³-hybridized carbons (Fsp3) is 0.533. The topological polar surface area (TPSA) is 87.1 Å². The molecule has 1 fully saturated rings. The lowest BCUT2D eigenvalue weighted by atomic mass is 10.2. The van der Waals surface area contributed by atoms with Gasteiger partial charge in [0.25, 0.3) is 0 Å². The number of amides is 1. The summed E-state index contributed by atoms with van der Waals surface area (Å²) in [5.74, 6) is 1.76. The van der Waals surface area contributed by atoms with Crippen LogP contribution in [0.3, 0.4) is 0 Å². The number of anilines is 2. The lowest BCUT2D eigenvalue weighted by molar-refractivity contribution is -0.117. The van der Waals surface area contributed by atoms with Gasteiger partial charge in [0.15, 0.2) is 0 Å². The Morgan fingerprint density at radius 2 is 1.96 bits per heavy atom. The highest BCUT2D eigenvalue weighted by atomic mass is 32.1. The summed E-state index contributed by atoms with van der Waals surface area (Å²) in [4.78, 5) is 25.4. The maximum atomic E-state index is 12.0. The van der Waals surface area contributed by atoms with Gasteiger partial charge in [-0.25, -0.2) is 9.97 Å². The first-order valence-corrected chi connectivity index (χ1v) is 8.76. The van der Waals surface area contributed by atoms with Crippen LogP contribution in [0.15, 0.2) is 5.51 Å². The normalized spacial score (nSPS) is 15.5. The van der Waals surface area contributed by atoms with Crippen LogP contribution in [0.25, 0.3) is 0 Å². The second kappa shape index (κ2) is 7.18. The second-order valence-corrected chi connectivity index (χ2v) is 6.69. The molecule has 24 heavy (non-hydrogen) atoms. The summed E-state index contributed by atoms with van der Waals surface area (Å²) in [6, 6.07) is 0. The molecule has 1 aliphatic rings. The molecule has 3 heterocycles. The Hall–Kier alpha value is -2.13. The number of piperazine rings is 1. The van der Waals surface area contributed by atoms with Crippen molar-refractivity contribution in [3.8, 4) is 0 Å². The average Bonchev–Trinajstić information content (AvgIpc) is 3.04. The Morgan fingerprint density at radius 1 is 1.21 bits per heavy atom. The molecule has 3 rings (SSSR count). The number of carbonyl (C=O) groups is 1. The summed E-state index contributed by atoms with van der Waals surface area (Å²) >= 11 is 1.32. The van der Waals surface area contributed by atoms with Crippen molar-refractivity contribution in [1.29, 1.82) is 0 Å². The van der Waals surface area contributed by atoms with Gasteiger partial charge in [-0.15, -0.1) is 10.2 Å². The van der Waals surface area contributed by atoms with Gasteiger partial charge in [-0.1, -0.05) is 11.3 Å². The van der Waals surface area contributed by atoms with E-state index in [1.807, 2.05) is 13.8 Å².